The van der Waals surface area contributed by atoms with Gasteiger partial charge >= 0.3 is 5.97 Å². The van der Waals surface area contributed by atoms with Crippen molar-refractivity contribution in [2.45, 2.75) is 38.5 Å². The van der Waals surface area contributed by atoms with Gasteiger partial charge in [0.1, 0.15) is 0 Å². The van der Waals surface area contributed by atoms with Crippen LogP contribution in [-0.4, -0.2) is 48.3 Å². The number of hydrogen-bond donors (Lipinski definition) is 1. The molecule has 0 aromatic heterocycles. The molecule has 29 heavy (non-hydrogen) atoms. The number of halogens is 1. The molecule has 0 bridgehead atoms. The fourth-order valence-electron chi connectivity index (χ4n) is 3.92. The average molecular weight is 421 g/mol. The van der Waals surface area contributed by atoms with Crippen molar-refractivity contribution in [2.24, 2.45) is 11.8 Å². The first-order chi connectivity index (χ1) is 14.0. The van der Waals surface area contributed by atoms with Gasteiger partial charge in [0.05, 0.1) is 18.3 Å². The lowest BCUT2D eigenvalue weighted by Crippen LogP contribution is -2.34. The minimum atomic E-state index is -0.603. The number of amides is 3. The Morgan fingerprint density at radius 3 is 2.31 bits per heavy atom. The molecule has 0 unspecified atom stereocenters. The molecule has 1 aliphatic heterocycles. The number of ether oxygens (including phenoxy) is 1. The third-order valence-corrected chi connectivity index (χ3v) is 5.74. The highest BCUT2D eigenvalue weighted by molar-refractivity contribution is 6.30. The fraction of sp³-hybridized carbons (Fsp3) is 0.524. The highest BCUT2D eigenvalue weighted by Gasteiger charge is 2.47. The molecule has 156 valence electrons. The van der Waals surface area contributed by atoms with Crippen LogP contribution in [0.25, 0.3) is 0 Å². The second-order valence-electron chi connectivity index (χ2n) is 7.46. The molecule has 1 N–H and O–H groups in total. The number of esters is 1. The maximum atomic E-state index is 12.4. The minimum Gasteiger partial charge on any atom is -0.456 e. The van der Waals surface area contributed by atoms with E-state index in [4.69, 9.17) is 16.3 Å². The van der Waals surface area contributed by atoms with Gasteiger partial charge in [0.25, 0.3) is 5.91 Å². The molecule has 1 aromatic carbocycles. The molecule has 1 aliphatic carbocycles. The second-order valence-corrected chi connectivity index (χ2v) is 7.90. The first kappa shape index (κ1) is 21.3. The van der Waals surface area contributed by atoms with E-state index in [2.05, 4.69) is 5.32 Å². The molecule has 0 spiro atoms. The van der Waals surface area contributed by atoms with Crippen LogP contribution in [0.5, 0.6) is 0 Å². The van der Waals surface area contributed by atoms with E-state index in [-0.39, 0.29) is 43.2 Å². The molecule has 1 heterocycles. The molecule has 8 heteroatoms. The van der Waals surface area contributed by atoms with E-state index >= 15 is 0 Å². The summed E-state index contributed by atoms with van der Waals surface area (Å²) in [7, 11) is 0. The largest absolute Gasteiger partial charge is 0.456 e. The van der Waals surface area contributed by atoms with Crippen LogP contribution >= 0.6 is 11.6 Å². The average Bonchev–Trinajstić information content (AvgIpc) is 2.97. The molecule has 3 amide bonds. The lowest BCUT2D eigenvalue weighted by Gasteiger charge is -2.19. The fourth-order valence-corrected chi connectivity index (χ4v) is 4.05. The van der Waals surface area contributed by atoms with E-state index in [1.54, 1.807) is 12.1 Å². The topological polar surface area (TPSA) is 92.8 Å². The van der Waals surface area contributed by atoms with Crippen molar-refractivity contribution in [1.82, 2.24) is 10.2 Å². The summed E-state index contributed by atoms with van der Waals surface area (Å²) in [4.78, 5) is 49.6. The summed E-state index contributed by atoms with van der Waals surface area (Å²) in [5.41, 5.74) is 1.03. The first-order valence-electron chi connectivity index (χ1n) is 9.97. The Labute approximate surface area is 174 Å². The summed E-state index contributed by atoms with van der Waals surface area (Å²) in [6.07, 6.45) is 3.94. The Morgan fingerprint density at radius 1 is 1.07 bits per heavy atom. The number of carbonyl (C=O) groups excluding carboxylic acids is 4. The SMILES string of the molecule is O=C(COC(=O)CCN1C(=O)[C@H]2CCCC[C@H]2C1=O)NCCc1ccc(Cl)cc1. The number of benzene rings is 1. The van der Waals surface area contributed by atoms with Crippen LogP contribution < -0.4 is 5.32 Å². The molecule has 2 fully saturated rings. The Balaban J connectivity index is 1.33. The van der Waals surface area contributed by atoms with Crippen LogP contribution in [0.1, 0.15) is 37.7 Å². The molecule has 7 nitrogen and oxygen atoms in total. The predicted octanol–water partition coefficient (Wildman–Crippen LogP) is 2.11. The molecule has 2 atom stereocenters. The Morgan fingerprint density at radius 2 is 1.69 bits per heavy atom. The smallest absolute Gasteiger partial charge is 0.308 e. The lowest BCUT2D eigenvalue weighted by molar-refractivity contribution is -0.149. The van der Waals surface area contributed by atoms with E-state index in [9.17, 15) is 19.2 Å². The summed E-state index contributed by atoms with van der Waals surface area (Å²) >= 11 is 5.82. The predicted molar refractivity (Wildman–Crippen MR) is 106 cm³/mol. The normalized spacial score (nSPS) is 21.1. The second kappa shape index (κ2) is 9.87. The molecule has 1 aromatic rings. The summed E-state index contributed by atoms with van der Waals surface area (Å²) in [6, 6.07) is 7.33. The van der Waals surface area contributed by atoms with E-state index < -0.39 is 11.9 Å². The number of imide groups is 1. The van der Waals surface area contributed by atoms with Gasteiger partial charge in [-0.05, 0) is 37.0 Å². The van der Waals surface area contributed by atoms with Gasteiger partial charge in [0, 0.05) is 18.1 Å². The molecule has 1 saturated carbocycles. The minimum absolute atomic E-state index is 0.0156. The summed E-state index contributed by atoms with van der Waals surface area (Å²) in [5.74, 6) is -1.79. The Hall–Kier alpha value is -2.41. The van der Waals surface area contributed by atoms with Crippen molar-refractivity contribution in [3.05, 3.63) is 34.9 Å². The van der Waals surface area contributed by atoms with Crippen molar-refractivity contribution in [3.63, 3.8) is 0 Å². The van der Waals surface area contributed by atoms with Crippen LogP contribution in [0.2, 0.25) is 5.02 Å². The number of rotatable bonds is 8. The molecule has 2 aliphatic rings. The number of nitrogens with zero attached hydrogens (tertiary/aromatic N) is 1. The highest BCUT2D eigenvalue weighted by Crippen LogP contribution is 2.37. The Kier molecular flexibility index (Phi) is 7.25. The zero-order valence-corrected chi connectivity index (χ0v) is 17.0. The van der Waals surface area contributed by atoms with Crippen molar-refractivity contribution in [3.8, 4) is 0 Å². The van der Waals surface area contributed by atoms with Gasteiger partial charge in [-0.3, -0.25) is 24.1 Å². The number of carbonyl (C=O) groups is 4. The monoisotopic (exact) mass is 420 g/mol. The van der Waals surface area contributed by atoms with Gasteiger partial charge in [-0.25, -0.2) is 0 Å². The first-order valence-corrected chi connectivity index (χ1v) is 10.4. The van der Waals surface area contributed by atoms with Crippen molar-refractivity contribution in [2.75, 3.05) is 19.7 Å². The third kappa shape index (κ3) is 5.56. The van der Waals surface area contributed by atoms with Gasteiger partial charge in [-0.2, -0.15) is 0 Å². The maximum Gasteiger partial charge on any atom is 0.308 e. The van der Waals surface area contributed by atoms with Gasteiger partial charge in [0.15, 0.2) is 6.61 Å². The number of likely N-dealkylation sites (tertiary alicyclic amines) is 1. The van der Waals surface area contributed by atoms with Crippen molar-refractivity contribution < 1.29 is 23.9 Å². The van der Waals surface area contributed by atoms with Crippen LogP contribution in [-0.2, 0) is 30.3 Å². The number of hydrogen-bond acceptors (Lipinski definition) is 5. The molecule has 3 rings (SSSR count). The van der Waals surface area contributed by atoms with Crippen molar-refractivity contribution >= 4 is 35.3 Å². The van der Waals surface area contributed by atoms with E-state index in [1.165, 1.54) is 4.90 Å². The number of fused-ring (bicyclic) bond motifs is 1. The van der Waals surface area contributed by atoms with E-state index in [1.807, 2.05) is 12.1 Å². The van der Waals surface area contributed by atoms with E-state index in [0.717, 1.165) is 31.2 Å². The van der Waals surface area contributed by atoms with Gasteiger partial charge in [-0.15, -0.1) is 0 Å². The van der Waals surface area contributed by atoms with E-state index in [0.29, 0.717) is 18.0 Å². The highest BCUT2D eigenvalue weighted by atomic mass is 35.5. The zero-order chi connectivity index (χ0) is 20.8. The summed E-state index contributed by atoms with van der Waals surface area (Å²) in [5, 5.41) is 3.33. The molecular formula is C21H25ClN2O5. The van der Waals surface area contributed by atoms with Gasteiger partial charge in [0.2, 0.25) is 11.8 Å². The van der Waals surface area contributed by atoms with Crippen LogP contribution in [0, 0.1) is 11.8 Å². The van der Waals surface area contributed by atoms with Gasteiger partial charge < -0.3 is 10.1 Å². The lowest BCUT2D eigenvalue weighted by atomic mass is 9.81. The van der Waals surface area contributed by atoms with Gasteiger partial charge in [-0.1, -0.05) is 36.6 Å². The van der Waals surface area contributed by atoms with Crippen LogP contribution in [0.4, 0.5) is 0 Å². The van der Waals surface area contributed by atoms with Crippen LogP contribution in [0.15, 0.2) is 24.3 Å². The Bertz CT molecular complexity index is 756. The van der Waals surface area contributed by atoms with Crippen LogP contribution in [0.3, 0.4) is 0 Å². The quantitative estimate of drug-likeness (QED) is 0.513. The maximum absolute atomic E-state index is 12.4. The number of nitrogens with one attached hydrogen (secondary N) is 1. The summed E-state index contributed by atoms with van der Waals surface area (Å²) < 4.78 is 4.95. The zero-order valence-electron chi connectivity index (χ0n) is 16.2. The van der Waals surface area contributed by atoms with Crippen molar-refractivity contribution in [1.29, 1.82) is 0 Å². The molecule has 1 saturated heterocycles. The molecule has 0 radical (unpaired) electrons. The summed E-state index contributed by atoms with van der Waals surface area (Å²) in [6.45, 7) is 0.0475. The standard InChI is InChI=1S/C21H25ClN2O5/c22-15-7-5-14(6-8-15)9-11-23-18(25)13-29-19(26)10-12-24-20(27)16-3-1-2-4-17(16)21(24)28/h5-8,16-17H,1-4,9-13H2,(H,23,25)/t16-,17+. The molecular weight excluding hydrogens is 396 g/mol. The third-order valence-electron chi connectivity index (χ3n) is 5.49.